The van der Waals surface area contributed by atoms with E-state index in [2.05, 4.69) is 0 Å². The fraction of sp³-hybridized carbons (Fsp3) is 0.529. The Balaban J connectivity index is 1.15. The van der Waals surface area contributed by atoms with E-state index in [0.29, 0.717) is 60.5 Å². The highest BCUT2D eigenvalue weighted by molar-refractivity contribution is 6.08. The first-order valence-corrected chi connectivity index (χ1v) is 15.2. The molecule has 2 aromatic carbocycles. The summed E-state index contributed by atoms with van der Waals surface area (Å²) in [6.07, 6.45) is 4.21. The molecular weight excluding hydrogens is 536 g/mol. The van der Waals surface area contributed by atoms with E-state index >= 15 is 0 Å². The van der Waals surface area contributed by atoms with Gasteiger partial charge in [-0.05, 0) is 84.5 Å². The SMILES string of the molecule is O=C(c1ccc(C23CC4CC(C2)CC(c2ccc(C(=O)C5CO5)cc2C(=O)C2CO2)(C4)C3)c(C(=O)C2CO2)c1)C1CO1. The van der Waals surface area contributed by atoms with Crippen LogP contribution in [0.3, 0.4) is 0 Å². The lowest BCUT2D eigenvalue weighted by Crippen LogP contribution is -2.56. The van der Waals surface area contributed by atoms with Crippen LogP contribution < -0.4 is 0 Å². The van der Waals surface area contributed by atoms with E-state index in [1.165, 1.54) is 0 Å². The number of ether oxygens (including phenoxy) is 4. The number of rotatable bonds is 10. The van der Waals surface area contributed by atoms with Gasteiger partial charge in [0.25, 0.3) is 0 Å². The van der Waals surface area contributed by atoms with Crippen molar-refractivity contribution in [3.63, 3.8) is 0 Å². The quantitative estimate of drug-likeness (QED) is 0.314. The molecule has 4 saturated heterocycles. The number of epoxide rings is 4. The Kier molecular flexibility index (Phi) is 5.31. The Labute approximate surface area is 243 Å². The summed E-state index contributed by atoms with van der Waals surface area (Å²) in [6, 6.07) is 11.4. The van der Waals surface area contributed by atoms with Gasteiger partial charge in [0, 0.05) is 22.3 Å². The minimum Gasteiger partial charge on any atom is -0.364 e. The average molecular weight is 569 g/mol. The van der Waals surface area contributed by atoms with Crippen LogP contribution >= 0.6 is 0 Å². The lowest BCUT2D eigenvalue weighted by molar-refractivity contribution is -0.0287. The zero-order valence-electron chi connectivity index (χ0n) is 23.3. The van der Waals surface area contributed by atoms with Crippen LogP contribution in [-0.4, -0.2) is 74.0 Å². The molecule has 0 spiro atoms. The maximum atomic E-state index is 13.6. The maximum absolute atomic E-state index is 13.6. The summed E-state index contributed by atoms with van der Waals surface area (Å²) in [4.78, 5) is 53.1. The molecule has 4 aliphatic carbocycles. The van der Waals surface area contributed by atoms with Gasteiger partial charge in [0.15, 0.2) is 23.1 Å². The highest BCUT2D eigenvalue weighted by atomic mass is 16.6. The van der Waals surface area contributed by atoms with Gasteiger partial charge in [-0.2, -0.15) is 0 Å². The predicted molar refractivity (Wildman–Crippen MR) is 147 cm³/mol. The Morgan fingerprint density at radius 1 is 0.548 bits per heavy atom. The first kappa shape index (κ1) is 25.5. The summed E-state index contributed by atoms with van der Waals surface area (Å²) in [5.74, 6) is 0.681. The van der Waals surface area contributed by atoms with Crippen LogP contribution in [0.2, 0.25) is 0 Å². The lowest BCUT2D eigenvalue weighted by atomic mass is 9.41. The number of Topliss-reactive ketones (excluding diaryl/α,β-unsaturated/α-hetero) is 4. The summed E-state index contributed by atoms with van der Waals surface area (Å²) in [5.41, 5.74) is 3.80. The summed E-state index contributed by atoms with van der Waals surface area (Å²) < 4.78 is 21.3. The van der Waals surface area contributed by atoms with Crippen LogP contribution in [-0.2, 0) is 29.8 Å². The van der Waals surface area contributed by atoms with Crippen LogP contribution in [0.4, 0.5) is 0 Å². The van der Waals surface area contributed by atoms with Gasteiger partial charge in [-0.3, -0.25) is 19.2 Å². The van der Waals surface area contributed by atoms with Gasteiger partial charge in [0.05, 0.1) is 26.4 Å². The molecular formula is C34H32O8. The normalized spacial score (nSPS) is 38.2. The fourth-order valence-corrected chi connectivity index (χ4v) is 9.14. The number of hydrogen-bond acceptors (Lipinski definition) is 8. The van der Waals surface area contributed by atoms with E-state index in [-0.39, 0.29) is 34.0 Å². The Hall–Kier alpha value is -3.04. The van der Waals surface area contributed by atoms with E-state index in [9.17, 15) is 19.2 Å². The van der Waals surface area contributed by atoms with Gasteiger partial charge in [-0.15, -0.1) is 0 Å². The minimum absolute atomic E-state index is 0.0481. The molecule has 4 saturated carbocycles. The Morgan fingerprint density at radius 2 is 0.905 bits per heavy atom. The molecule has 4 heterocycles. The first-order valence-electron chi connectivity index (χ1n) is 15.2. The largest absolute Gasteiger partial charge is 0.364 e. The van der Waals surface area contributed by atoms with Crippen LogP contribution in [0, 0.1) is 11.8 Å². The first-order chi connectivity index (χ1) is 20.3. The molecule has 0 radical (unpaired) electrons. The number of ketones is 4. The monoisotopic (exact) mass is 568 g/mol. The van der Waals surface area contributed by atoms with Gasteiger partial charge >= 0.3 is 0 Å². The van der Waals surface area contributed by atoms with Crippen molar-refractivity contribution in [1.82, 2.24) is 0 Å². The van der Waals surface area contributed by atoms with E-state index < -0.39 is 24.4 Å². The summed E-state index contributed by atoms with van der Waals surface area (Å²) in [6.45, 7) is 1.68. The highest BCUT2D eigenvalue weighted by Gasteiger charge is 2.60. The second-order valence-electron chi connectivity index (χ2n) is 13.8. The van der Waals surface area contributed by atoms with Crippen LogP contribution in [0.15, 0.2) is 36.4 Å². The van der Waals surface area contributed by atoms with Gasteiger partial charge in [0.2, 0.25) is 0 Å². The third kappa shape index (κ3) is 4.03. The maximum Gasteiger partial charge on any atom is 0.194 e. The molecule has 4 atom stereocenters. The zero-order valence-corrected chi connectivity index (χ0v) is 23.3. The molecule has 8 nitrogen and oxygen atoms in total. The van der Waals surface area contributed by atoms with Crippen LogP contribution in [0.5, 0.6) is 0 Å². The number of hydrogen-bond donors (Lipinski definition) is 0. The molecule has 10 rings (SSSR count). The van der Waals surface area contributed by atoms with Crippen molar-refractivity contribution in [2.45, 2.75) is 73.8 Å². The molecule has 42 heavy (non-hydrogen) atoms. The molecule has 216 valence electrons. The second kappa shape index (κ2) is 8.76. The Morgan fingerprint density at radius 3 is 1.26 bits per heavy atom. The molecule has 0 amide bonds. The number of carbonyl (C=O) groups excluding carboxylic acids is 4. The van der Waals surface area contributed by atoms with Crippen molar-refractivity contribution < 1.29 is 38.1 Å². The molecule has 2 aromatic rings. The van der Waals surface area contributed by atoms with Crippen LogP contribution in [0.25, 0.3) is 0 Å². The summed E-state index contributed by atoms with van der Waals surface area (Å²) in [5, 5.41) is 0. The molecule has 4 unspecified atom stereocenters. The summed E-state index contributed by atoms with van der Waals surface area (Å²) >= 11 is 0. The second-order valence-corrected chi connectivity index (χ2v) is 13.8. The predicted octanol–water partition coefficient (Wildman–Crippen LogP) is 3.80. The molecule has 4 bridgehead atoms. The molecule has 8 fully saturated rings. The lowest BCUT2D eigenvalue weighted by Gasteiger charge is -2.63. The van der Waals surface area contributed by atoms with Crippen molar-refractivity contribution in [3.05, 3.63) is 69.8 Å². The standard InChI is InChI=1S/C34H32O8/c35-29(25-12-39-25)19-1-3-23(21(6-19)31(37)27-14-41-27)33-8-17-5-18(9-33)11-34(10-17,16-33)24-4-2-20(30(36)26-13-40-26)7-22(24)32(38)28-15-42-28/h1-4,6-7,17-18,25-28H,5,8-16H2. The van der Waals surface area contributed by atoms with Crippen LogP contribution in [0.1, 0.15) is 91.1 Å². The third-order valence-electron chi connectivity index (χ3n) is 10.8. The molecule has 8 aliphatic rings. The Bertz CT molecular complexity index is 1450. The van der Waals surface area contributed by atoms with Gasteiger partial charge in [0.1, 0.15) is 24.4 Å². The van der Waals surface area contributed by atoms with E-state index in [1.54, 1.807) is 12.1 Å². The topological polar surface area (TPSA) is 118 Å². The number of carbonyl (C=O) groups is 4. The molecule has 8 heteroatoms. The number of benzene rings is 2. The van der Waals surface area contributed by atoms with E-state index in [0.717, 1.165) is 49.7 Å². The fourth-order valence-electron chi connectivity index (χ4n) is 9.14. The van der Waals surface area contributed by atoms with Crippen molar-refractivity contribution >= 4 is 23.1 Å². The van der Waals surface area contributed by atoms with Gasteiger partial charge in [-0.25, -0.2) is 0 Å². The molecule has 0 aromatic heterocycles. The van der Waals surface area contributed by atoms with Crippen molar-refractivity contribution in [3.8, 4) is 0 Å². The third-order valence-corrected chi connectivity index (χ3v) is 10.8. The highest BCUT2D eigenvalue weighted by Crippen LogP contribution is 2.67. The van der Waals surface area contributed by atoms with Crippen molar-refractivity contribution in [1.29, 1.82) is 0 Å². The zero-order chi connectivity index (χ0) is 28.4. The summed E-state index contributed by atoms with van der Waals surface area (Å²) in [7, 11) is 0. The van der Waals surface area contributed by atoms with Gasteiger partial charge in [-0.1, -0.05) is 24.3 Å². The van der Waals surface area contributed by atoms with E-state index in [1.807, 2.05) is 24.3 Å². The van der Waals surface area contributed by atoms with Gasteiger partial charge < -0.3 is 18.9 Å². The average Bonchev–Trinajstić information content (AvgIpc) is 3.83. The smallest absolute Gasteiger partial charge is 0.194 e. The molecule has 0 N–H and O–H groups in total. The van der Waals surface area contributed by atoms with Crippen molar-refractivity contribution in [2.24, 2.45) is 11.8 Å². The minimum atomic E-state index is -0.447. The van der Waals surface area contributed by atoms with Crippen molar-refractivity contribution in [2.75, 3.05) is 26.4 Å². The molecule has 4 aliphatic heterocycles. The van der Waals surface area contributed by atoms with E-state index in [4.69, 9.17) is 18.9 Å².